The Morgan fingerprint density at radius 2 is 2.08 bits per heavy atom. The highest BCUT2D eigenvalue weighted by atomic mass is 16.5. The van der Waals surface area contributed by atoms with Gasteiger partial charge in [-0.2, -0.15) is 0 Å². The molecule has 4 nitrogen and oxygen atoms in total. The van der Waals surface area contributed by atoms with Crippen molar-refractivity contribution in [3.63, 3.8) is 0 Å². The predicted molar refractivity (Wildman–Crippen MR) is 50.7 cm³/mol. The number of carbonyl (C=O) groups excluding carboxylic acids is 1. The Hall–Kier alpha value is -1.71. The first-order valence-electron chi connectivity index (χ1n) is 3.80. The second kappa shape index (κ2) is 3.35. The zero-order valence-corrected chi connectivity index (χ0v) is 7.63. The minimum Gasteiger partial charge on any atom is -0.496 e. The number of amides is 1. The van der Waals surface area contributed by atoms with E-state index in [1.54, 1.807) is 19.1 Å². The summed E-state index contributed by atoms with van der Waals surface area (Å²) in [7, 11) is 1.48. The van der Waals surface area contributed by atoms with Crippen molar-refractivity contribution in [3.8, 4) is 5.75 Å². The molecule has 0 atom stereocenters. The van der Waals surface area contributed by atoms with E-state index in [9.17, 15) is 4.79 Å². The third-order valence-corrected chi connectivity index (χ3v) is 1.92. The average Bonchev–Trinajstić information content (AvgIpc) is 2.09. The Kier molecular flexibility index (Phi) is 2.41. The summed E-state index contributed by atoms with van der Waals surface area (Å²) in [6.45, 7) is 1.78. The molecule has 0 spiro atoms. The van der Waals surface area contributed by atoms with Crippen LogP contribution in [0, 0.1) is 6.92 Å². The van der Waals surface area contributed by atoms with Crippen molar-refractivity contribution in [1.82, 2.24) is 0 Å². The lowest BCUT2D eigenvalue weighted by Crippen LogP contribution is -2.13. The lowest BCUT2D eigenvalue weighted by Gasteiger charge is -2.10. The largest absolute Gasteiger partial charge is 0.496 e. The highest BCUT2D eigenvalue weighted by Gasteiger charge is 2.12. The standard InChI is InChI=1S/C9H12N2O2/c1-5-7(10)4-3-6(9(11)12)8(5)13-2/h3-4H,10H2,1-2H3,(H2,11,12). The molecule has 70 valence electrons. The van der Waals surface area contributed by atoms with E-state index in [-0.39, 0.29) is 0 Å². The van der Waals surface area contributed by atoms with E-state index in [0.29, 0.717) is 17.0 Å². The highest BCUT2D eigenvalue weighted by molar-refractivity contribution is 5.96. The molecule has 1 amide bonds. The third kappa shape index (κ3) is 1.56. The van der Waals surface area contributed by atoms with Crippen LogP contribution in [0.15, 0.2) is 12.1 Å². The predicted octanol–water partition coefficient (Wildman–Crippen LogP) is 0.685. The van der Waals surface area contributed by atoms with Gasteiger partial charge in [-0.3, -0.25) is 4.79 Å². The number of nitrogens with two attached hydrogens (primary N) is 2. The molecule has 0 bridgehead atoms. The van der Waals surface area contributed by atoms with Crippen LogP contribution in [0.5, 0.6) is 5.75 Å². The van der Waals surface area contributed by atoms with Crippen LogP contribution in [0.25, 0.3) is 0 Å². The van der Waals surface area contributed by atoms with Crippen molar-refractivity contribution in [3.05, 3.63) is 23.3 Å². The number of hydrogen-bond acceptors (Lipinski definition) is 3. The van der Waals surface area contributed by atoms with Gasteiger partial charge in [-0.15, -0.1) is 0 Å². The first-order valence-corrected chi connectivity index (χ1v) is 3.80. The molecule has 0 saturated carbocycles. The van der Waals surface area contributed by atoms with Crippen LogP contribution in [0.3, 0.4) is 0 Å². The summed E-state index contributed by atoms with van der Waals surface area (Å²) in [5.41, 5.74) is 12.5. The maximum absolute atomic E-state index is 10.9. The molecule has 4 N–H and O–H groups in total. The van der Waals surface area contributed by atoms with Gasteiger partial charge in [0.2, 0.25) is 0 Å². The molecule has 0 saturated heterocycles. The summed E-state index contributed by atoms with van der Waals surface area (Å²) < 4.78 is 5.04. The third-order valence-electron chi connectivity index (χ3n) is 1.92. The number of carbonyl (C=O) groups is 1. The van der Waals surface area contributed by atoms with Gasteiger partial charge in [0, 0.05) is 11.3 Å². The molecule has 13 heavy (non-hydrogen) atoms. The van der Waals surface area contributed by atoms with Crippen LogP contribution < -0.4 is 16.2 Å². The lowest BCUT2D eigenvalue weighted by atomic mass is 10.1. The van der Waals surface area contributed by atoms with Gasteiger partial charge in [0.15, 0.2) is 0 Å². The van der Waals surface area contributed by atoms with Gasteiger partial charge in [0.1, 0.15) is 5.75 Å². The number of anilines is 1. The number of primary amides is 1. The highest BCUT2D eigenvalue weighted by Crippen LogP contribution is 2.27. The molecular weight excluding hydrogens is 168 g/mol. The molecule has 0 radical (unpaired) electrons. The minimum absolute atomic E-state index is 0.356. The quantitative estimate of drug-likeness (QED) is 0.657. The number of ether oxygens (including phenoxy) is 1. The molecule has 4 heteroatoms. The Morgan fingerprint density at radius 1 is 1.46 bits per heavy atom. The molecule has 1 aromatic rings. The first-order chi connectivity index (χ1) is 6.07. The monoisotopic (exact) mass is 180 g/mol. The number of rotatable bonds is 2. The second-order valence-electron chi connectivity index (χ2n) is 2.72. The van der Waals surface area contributed by atoms with E-state index in [1.165, 1.54) is 7.11 Å². The van der Waals surface area contributed by atoms with Crippen LogP contribution >= 0.6 is 0 Å². The molecular formula is C9H12N2O2. The summed E-state index contributed by atoms with van der Waals surface area (Å²) in [6.07, 6.45) is 0. The maximum Gasteiger partial charge on any atom is 0.252 e. The van der Waals surface area contributed by atoms with Crippen LogP contribution in [0.2, 0.25) is 0 Å². The number of benzene rings is 1. The molecule has 1 aromatic carbocycles. The average molecular weight is 180 g/mol. The van der Waals surface area contributed by atoms with Crippen molar-refractivity contribution in [1.29, 1.82) is 0 Å². The molecule has 0 aliphatic rings. The zero-order chi connectivity index (χ0) is 10.0. The van der Waals surface area contributed by atoms with Gasteiger partial charge in [0.25, 0.3) is 5.91 Å². The topological polar surface area (TPSA) is 78.3 Å². The van der Waals surface area contributed by atoms with Crippen LogP contribution in [-0.2, 0) is 0 Å². The summed E-state index contributed by atoms with van der Waals surface area (Å²) in [5, 5.41) is 0. The molecule has 0 fully saturated rings. The van der Waals surface area contributed by atoms with Crippen LogP contribution in [0.1, 0.15) is 15.9 Å². The van der Waals surface area contributed by atoms with Gasteiger partial charge < -0.3 is 16.2 Å². The molecule has 1 rings (SSSR count). The van der Waals surface area contributed by atoms with Gasteiger partial charge >= 0.3 is 0 Å². The fourth-order valence-corrected chi connectivity index (χ4v) is 1.16. The van der Waals surface area contributed by atoms with E-state index < -0.39 is 5.91 Å². The SMILES string of the molecule is COc1c(C(N)=O)ccc(N)c1C. The van der Waals surface area contributed by atoms with E-state index in [0.717, 1.165) is 5.56 Å². The van der Waals surface area contributed by atoms with E-state index in [4.69, 9.17) is 16.2 Å². The Labute approximate surface area is 76.5 Å². The fourth-order valence-electron chi connectivity index (χ4n) is 1.16. The van der Waals surface area contributed by atoms with Gasteiger partial charge in [-0.05, 0) is 19.1 Å². The van der Waals surface area contributed by atoms with Crippen molar-refractivity contribution < 1.29 is 9.53 Å². The van der Waals surface area contributed by atoms with Crippen LogP contribution in [0.4, 0.5) is 5.69 Å². The maximum atomic E-state index is 10.9. The van der Waals surface area contributed by atoms with E-state index >= 15 is 0 Å². The van der Waals surface area contributed by atoms with Crippen molar-refractivity contribution >= 4 is 11.6 Å². The fraction of sp³-hybridized carbons (Fsp3) is 0.222. The lowest BCUT2D eigenvalue weighted by molar-refractivity contribution is 0.0997. The second-order valence-corrected chi connectivity index (χ2v) is 2.72. The molecule has 0 aliphatic heterocycles. The summed E-state index contributed by atoms with van der Waals surface area (Å²) in [6, 6.07) is 3.20. The van der Waals surface area contributed by atoms with E-state index in [2.05, 4.69) is 0 Å². The normalized spacial score (nSPS) is 9.69. The van der Waals surface area contributed by atoms with Crippen LogP contribution in [-0.4, -0.2) is 13.0 Å². The number of hydrogen-bond donors (Lipinski definition) is 2. The number of methoxy groups -OCH3 is 1. The van der Waals surface area contributed by atoms with Crippen molar-refractivity contribution in [2.75, 3.05) is 12.8 Å². The minimum atomic E-state index is -0.514. The van der Waals surface area contributed by atoms with Gasteiger partial charge in [0.05, 0.1) is 12.7 Å². The van der Waals surface area contributed by atoms with Crippen molar-refractivity contribution in [2.24, 2.45) is 5.73 Å². The Bertz CT molecular complexity index is 348. The van der Waals surface area contributed by atoms with E-state index in [1.807, 2.05) is 0 Å². The molecule has 0 heterocycles. The molecule has 0 unspecified atom stereocenters. The first kappa shape index (κ1) is 9.38. The zero-order valence-electron chi connectivity index (χ0n) is 7.63. The molecule has 0 aromatic heterocycles. The molecule has 0 aliphatic carbocycles. The Morgan fingerprint density at radius 3 is 2.54 bits per heavy atom. The number of nitrogen functional groups attached to an aromatic ring is 1. The smallest absolute Gasteiger partial charge is 0.252 e. The summed E-state index contributed by atoms with van der Waals surface area (Å²) in [5.74, 6) is -0.0625. The van der Waals surface area contributed by atoms with Gasteiger partial charge in [-0.25, -0.2) is 0 Å². The summed E-state index contributed by atoms with van der Waals surface area (Å²) >= 11 is 0. The Balaban J connectivity index is 3.38. The van der Waals surface area contributed by atoms with Crippen molar-refractivity contribution in [2.45, 2.75) is 6.92 Å². The van der Waals surface area contributed by atoms with Gasteiger partial charge in [-0.1, -0.05) is 0 Å². The summed E-state index contributed by atoms with van der Waals surface area (Å²) in [4.78, 5) is 10.9.